The molecule has 2 heterocycles. The Labute approximate surface area is 162 Å². The van der Waals surface area contributed by atoms with Crippen LogP contribution in [0, 0.1) is 11.7 Å². The van der Waals surface area contributed by atoms with Crippen LogP contribution in [0.1, 0.15) is 24.2 Å². The molecule has 152 valence electrons. The number of piperidine rings is 1. The van der Waals surface area contributed by atoms with Crippen molar-refractivity contribution in [3.8, 4) is 0 Å². The summed E-state index contributed by atoms with van der Waals surface area (Å²) in [6.07, 6.45) is 5.06. The third-order valence-corrected chi connectivity index (χ3v) is 5.98. The second-order valence-corrected chi connectivity index (χ2v) is 8.77. The van der Waals surface area contributed by atoms with E-state index in [0.29, 0.717) is 43.7 Å². The first-order chi connectivity index (χ1) is 13.3. The third kappa shape index (κ3) is 5.52. The highest BCUT2D eigenvalue weighted by Gasteiger charge is 2.25. The highest BCUT2D eigenvalue weighted by atomic mass is 32.2. The smallest absolute Gasteiger partial charge is 0.412 e. The Morgan fingerprint density at radius 2 is 2.14 bits per heavy atom. The van der Waals surface area contributed by atoms with Gasteiger partial charge in [0.25, 0.3) is 0 Å². The van der Waals surface area contributed by atoms with E-state index in [1.54, 1.807) is 12.1 Å². The average Bonchev–Trinajstić information content (AvgIpc) is 3.16. The number of rotatable bonds is 6. The summed E-state index contributed by atoms with van der Waals surface area (Å²) in [5, 5.41) is 2.46. The summed E-state index contributed by atoms with van der Waals surface area (Å²) in [4.78, 5) is 15.5. The van der Waals surface area contributed by atoms with E-state index < -0.39 is 21.9 Å². The van der Waals surface area contributed by atoms with Crippen LogP contribution in [-0.2, 0) is 27.8 Å². The molecule has 28 heavy (non-hydrogen) atoms. The number of anilines is 1. The van der Waals surface area contributed by atoms with Crippen molar-refractivity contribution in [1.29, 1.82) is 0 Å². The molecule has 0 spiro atoms. The molecule has 1 aliphatic rings. The number of benzene rings is 1. The molecule has 3 rings (SSSR count). The number of amides is 1. The highest BCUT2D eigenvalue weighted by Crippen LogP contribution is 2.25. The molecule has 1 aromatic heterocycles. The van der Waals surface area contributed by atoms with Crippen molar-refractivity contribution >= 4 is 21.8 Å². The summed E-state index contributed by atoms with van der Waals surface area (Å²) in [7, 11) is -3.17. The zero-order valence-electron chi connectivity index (χ0n) is 15.4. The minimum atomic E-state index is -3.17. The second kappa shape index (κ2) is 8.70. The Kier molecular flexibility index (Phi) is 6.30. The summed E-state index contributed by atoms with van der Waals surface area (Å²) in [6, 6.07) is 4.49. The molecule has 0 bridgehead atoms. The molecule has 1 saturated heterocycles. The number of halogens is 1. The van der Waals surface area contributed by atoms with Crippen LogP contribution < -0.4 is 5.32 Å². The van der Waals surface area contributed by atoms with Crippen molar-refractivity contribution in [2.75, 3.05) is 24.7 Å². The summed E-state index contributed by atoms with van der Waals surface area (Å²) >= 11 is 0. The van der Waals surface area contributed by atoms with Crippen LogP contribution in [0.5, 0.6) is 0 Å². The fourth-order valence-electron chi connectivity index (χ4n) is 3.15. The average molecular weight is 411 g/mol. The standard InChI is InChI=1S/C18H22FN3O5S/c1-28(24,25)22-6-4-13(5-7-22)8-14-2-3-15(9-17(14)19)21-18(23)26-11-16-10-20-12-27-16/h2-3,9-10,12-13H,4-8,11H2,1H3,(H,21,23). The predicted octanol–water partition coefficient (Wildman–Crippen LogP) is 2.78. The zero-order valence-corrected chi connectivity index (χ0v) is 16.2. The van der Waals surface area contributed by atoms with Gasteiger partial charge in [-0.3, -0.25) is 5.32 Å². The maximum Gasteiger partial charge on any atom is 0.412 e. The summed E-state index contributed by atoms with van der Waals surface area (Å²) in [6.45, 7) is 0.849. The number of hydrogen-bond acceptors (Lipinski definition) is 6. The Bertz CT molecular complexity index is 909. The van der Waals surface area contributed by atoms with E-state index in [1.807, 2.05) is 0 Å². The van der Waals surface area contributed by atoms with Crippen molar-refractivity contribution in [3.63, 3.8) is 0 Å². The Hall–Kier alpha value is -2.46. The van der Waals surface area contributed by atoms with Gasteiger partial charge >= 0.3 is 6.09 Å². The summed E-state index contributed by atoms with van der Waals surface area (Å²) in [5.41, 5.74) is 0.828. The number of aromatic nitrogens is 1. The van der Waals surface area contributed by atoms with Gasteiger partial charge in [-0.1, -0.05) is 6.07 Å². The number of nitrogens with zero attached hydrogens (tertiary/aromatic N) is 2. The Balaban J connectivity index is 1.50. The SMILES string of the molecule is CS(=O)(=O)N1CCC(Cc2ccc(NC(=O)OCc3cnco3)cc2F)CC1. The first-order valence-corrected chi connectivity index (χ1v) is 10.7. The normalized spacial score (nSPS) is 16.1. The number of ether oxygens (including phenoxy) is 1. The van der Waals surface area contributed by atoms with Crippen molar-refractivity contribution in [1.82, 2.24) is 9.29 Å². The maximum atomic E-state index is 14.4. The van der Waals surface area contributed by atoms with Crippen molar-refractivity contribution < 1.29 is 26.8 Å². The first-order valence-electron chi connectivity index (χ1n) is 8.86. The quantitative estimate of drug-likeness (QED) is 0.784. The first kappa shape index (κ1) is 20.3. The van der Waals surface area contributed by atoms with Crippen LogP contribution in [0.3, 0.4) is 0 Å². The number of sulfonamides is 1. The van der Waals surface area contributed by atoms with E-state index in [4.69, 9.17) is 9.15 Å². The molecule has 1 N–H and O–H groups in total. The lowest BCUT2D eigenvalue weighted by molar-refractivity contribution is 0.146. The molecule has 0 radical (unpaired) electrons. The van der Waals surface area contributed by atoms with E-state index in [1.165, 1.54) is 29.2 Å². The molecule has 1 amide bonds. The van der Waals surface area contributed by atoms with Gasteiger partial charge in [-0.25, -0.2) is 26.9 Å². The van der Waals surface area contributed by atoms with Gasteiger partial charge in [0.15, 0.2) is 18.8 Å². The molecule has 1 aliphatic heterocycles. The second-order valence-electron chi connectivity index (χ2n) is 6.78. The minimum Gasteiger partial charge on any atom is -0.445 e. The predicted molar refractivity (Wildman–Crippen MR) is 99.6 cm³/mol. The van der Waals surface area contributed by atoms with Gasteiger partial charge in [0.05, 0.1) is 12.5 Å². The zero-order chi connectivity index (χ0) is 20.1. The Morgan fingerprint density at radius 3 is 2.75 bits per heavy atom. The van der Waals surface area contributed by atoms with Gasteiger partial charge in [0.1, 0.15) is 5.82 Å². The van der Waals surface area contributed by atoms with Crippen LogP contribution in [0.4, 0.5) is 14.9 Å². The van der Waals surface area contributed by atoms with Crippen LogP contribution >= 0.6 is 0 Å². The fourth-order valence-corrected chi connectivity index (χ4v) is 4.02. The molecule has 0 unspecified atom stereocenters. The van der Waals surface area contributed by atoms with E-state index in [-0.39, 0.29) is 18.2 Å². The monoisotopic (exact) mass is 411 g/mol. The van der Waals surface area contributed by atoms with E-state index >= 15 is 0 Å². The van der Waals surface area contributed by atoms with Gasteiger partial charge in [-0.15, -0.1) is 0 Å². The van der Waals surface area contributed by atoms with Crippen molar-refractivity contribution in [2.45, 2.75) is 25.9 Å². The van der Waals surface area contributed by atoms with Crippen molar-refractivity contribution in [3.05, 3.63) is 47.9 Å². The van der Waals surface area contributed by atoms with Crippen LogP contribution in [0.15, 0.2) is 35.2 Å². The number of hydrogen-bond donors (Lipinski definition) is 1. The largest absolute Gasteiger partial charge is 0.445 e. The maximum absolute atomic E-state index is 14.4. The lowest BCUT2D eigenvalue weighted by Gasteiger charge is -2.30. The molecule has 0 aliphatic carbocycles. The number of oxazole rings is 1. The van der Waals surface area contributed by atoms with E-state index in [0.717, 1.165) is 0 Å². The molecule has 1 aromatic carbocycles. The van der Waals surface area contributed by atoms with Crippen LogP contribution in [0.25, 0.3) is 0 Å². The lowest BCUT2D eigenvalue weighted by Crippen LogP contribution is -2.38. The Morgan fingerprint density at radius 1 is 1.39 bits per heavy atom. The van der Waals surface area contributed by atoms with Gasteiger partial charge < -0.3 is 9.15 Å². The molecule has 10 heteroatoms. The highest BCUT2D eigenvalue weighted by molar-refractivity contribution is 7.88. The number of carbonyl (C=O) groups is 1. The molecule has 1 fully saturated rings. The summed E-state index contributed by atoms with van der Waals surface area (Å²) < 4.78 is 48.9. The van der Waals surface area contributed by atoms with Crippen molar-refractivity contribution in [2.24, 2.45) is 5.92 Å². The van der Waals surface area contributed by atoms with Crippen LogP contribution in [-0.4, -0.2) is 43.1 Å². The molecular weight excluding hydrogens is 389 g/mol. The fraction of sp³-hybridized carbons (Fsp3) is 0.444. The van der Waals surface area contributed by atoms with Crippen LogP contribution in [0.2, 0.25) is 0 Å². The minimum absolute atomic E-state index is 0.0709. The number of nitrogens with one attached hydrogen (secondary N) is 1. The van der Waals surface area contributed by atoms with E-state index in [2.05, 4.69) is 10.3 Å². The van der Waals surface area contributed by atoms with E-state index in [9.17, 15) is 17.6 Å². The molecule has 0 atom stereocenters. The summed E-state index contributed by atoms with van der Waals surface area (Å²) in [5.74, 6) is 0.204. The molecule has 2 aromatic rings. The van der Waals surface area contributed by atoms with Gasteiger partial charge in [-0.2, -0.15) is 0 Å². The lowest BCUT2D eigenvalue weighted by atomic mass is 9.91. The molecule has 0 saturated carbocycles. The number of carbonyl (C=O) groups excluding carboxylic acids is 1. The molecular formula is C18H22FN3O5S. The van der Waals surface area contributed by atoms with Gasteiger partial charge in [-0.05, 0) is 42.9 Å². The molecule has 8 nitrogen and oxygen atoms in total. The topological polar surface area (TPSA) is 102 Å². The van der Waals surface area contributed by atoms with Gasteiger partial charge in [0.2, 0.25) is 10.0 Å². The third-order valence-electron chi connectivity index (χ3n) is 4.68. The van der Waals surface area contributed by atoms with Gasteiger partial charge in [0, 0.05) is 18.8 Å².